The molecule has 0 unspecified atom stereocenters. The number of phenols is 1. The molecule has 5 heteroatoms. The third kappa shape index (κ3) is 2.84. The molecule has 0 atom stereocenters. The lowest BCUT2D eigenvalue weighted by molar-refractivity contribution is 0.395. The van der Waals surface area contributed by atoms with Gasteiger partial charge in [-0.2, -0.15) is 4.31 Å². The number of benzene rings is 1. The Morgan fingerprint density at radius 1 is 1.28 bits per heavy atom. The lowest BCUT2D eigenvalue weighted by Crippen LogP contribution is -2.34. The van der Waals surface area contributed by atoms with Crippen LogP contribution in [0.2, 0.25) is 0 Å². The minimum Gasteiger partial charge on any atom is -0.508 e. The maximum absolute atomic E-state index is 12.5. The van der Waals surface area contributed by atoms with Crippen molar-refractivity contribution in [3.8, 4) is 5.75 Å². The van der Waals surface area contributed by atoms with Gasteiger partial charge in [0.1, 0.15) is 5.75 Å². The van der Waals surface area contributed by atoms with E-state index < -0.39 is 10.0 Å². The zero-order valence-corrected chi connectivity index (χ0v) is 11.4. The zero-order valence-electron chi connectivity index (χ0n) is 10.5. The van der Waals surface area contributed by atoms with Gasteiger partial charge in [-0.05, 0) is 43.5 Å². The fraction of sp³-hybridized carbons (Fsp3) is 0.538. The van der Waals surface area contributed by atoms with E-state index in [1.54, 1.807) is 4.31 Å². The second-order valence-electron chi connectivity index (χ2n) is 4.69. The minimum atomic E-state index is -3.40. The molecule has 1 N–H and O–H groups in total. The molecule has 1 aromatic carbocycles. The highest BCUT2D eigenvalue weighted by Crippen LogP contribution is 2.32. The fourth-order valence-electron chi connectivity index (χ4n) is 1.93. The summed E-state index contributed by atoms with van der Waals surface area (Å²) < 4.78 is 26.6. The smallest absolute Gasteiger partial charge is 0.243 e. The van der Waals surface area contributed by atoms with Gasteiger partial charge in [0.05, 0.1) is 4.90 Å². The highest BCUT2D eigenvalue weighted by Gasteiger charge is 2.37. The zero-order chi connectivity index (χ0) is 13.2. The van der Waals surface area contributed by atoms with Gasteiger partial charge < -0.3 is 5.11 Å². The average Bonchev–Trinajstić information content (AvgIpc) is 3.14. The summed E-state index contributed by atoms with van der Waals surface area (Å²) in [6.45, 7) is 2.64. The first kappa shape index (κ1) is 13.4. The predicted molar refractivity (Wildman–Crippen MR) is 69.9 cm³/mol. The molecule has 18 heavy (non-hydrogen) atoms. The maximum atomic E-state index is 12.5. The van der Waals surface area contributed by atoms with Crippen molar-refractivity contribution in [2.24, 2.45) is 0 Å². The number of phenolic OH excluding ortho intramolecular Hbond substituents is 1. The monoisotopic (exact) mass is 269 g/mol. The topological polar surface area (TPSA) is 57.6 Å². The van der Waals surface area contributed by atoms with E-state index in [4.69, 9.17) is 0 Å². The van der Waals surface area contributed by atoms with E-state index >= 15 is 0 Å². The van der Waals surface area contributed by atoms with Crippen LogP contribution in [0.15, 0.2) is 29.2 Å². The predicted octanol–water partition coefficient (Wildman–Crippen LogP) is 2.35. The van der Waals surface area contributed by atoms with E-state index in [9.17, 15) is 13.5 Å². The Kier molecular flexibility index (Phi) is 3.92. The molecule has 1 aliphatic rings. The Hall–Kier alpha value is -1.07. The number of hydrogen-bond donors (Lipinski definition) is 1. The van der Waals surface area contributed by atoms with Crippen molar-refractivity contribution in [3.05, 3.63) is 24.3 Å². The first-order valence-corrected chi connectivity index (χ1v) is 7.80. The van der Waals surface area contributed by atoms with Gasteiger partial charge in [-0.1, -0.05) is 13.3 Å². The summed E-state index contributed by atoms with van der Waals surface area (Å²) in [5, 5.41) is 9.22. The van der Waals surface area contributed by atoms with Gasteiger partial charge in [-0.25, -0.2) is 8.42 Å². The van der Waals surface area contributed by atoms with Crippen molar-refractivity contribution in [2.45, 2.75) is 43.5 Å². The van der Waals surface area contributed by atoms with Crippen LogP contribution < -0.4 is 0 Å². The maximum Gasteiger partial charge on any atom is 0.243 e. The Bertz CT molecular complexity index is 491. The molecule has 0 bridgehead atoms. The lowest BCUT2D eigenvalue weighted by atomic mass is 10.3. The van der Waals surface area contributed by atoms with E-state index in [0.717, 1.165) is 25.7 Å². The SMILES string of the molecule is CCCCN(C1CC1)S(=O)(=O)c1ccc(O)cc1. The summed E-state index contributed by atoms with van der Waals surface area (Å²) in [7, 11) is -3.40. The quantitative estimate of drug-likeness (QED) is 0.862. The molecule has 100 valence electrons. The van der Waals surface area contributed by atoms with Crippen molar-refractivity contribution in [1.29, 1.82) is 0 Å². The molecule has 1 aromatic rings. The van der Waals surface area contributed by atoms with Crippen molar-refractivity contribution in [2.75, 3.05) is 6.54 Å². The first-order chi connectivity index (χ1) is 8.55. The van der Waals surface area contributed by atoms with Crippen LogP contribution >= 0.6 is 0 Å². The number of nitrogens with zero attached hydrogens (tertiary/aromatic N) is 1. The van der Waals surface area contributed by atoms with E-state index in [-0.39, 0.29) is 16.7 Å². The van der Waals surface area contributed by atoms with Crippen LogP contribution in [0.25, 0.3) is 0 Å². The van der Waals surface area contributed by atoms with Crippen LogP contribution in [0, 0.1) is 0 Å². The summed E-state index contributed by atoms with van der Waals surface area (Å²) in [5.74, 6) is 0.0838. The molecule has 0 amide bonds. The van der Waals surface area contributed by atoms with Gasteiger partial charge in [0.2, 0.25) is 10.0 Å². The highest BCUT2D eigenvalue weighted by atomic mass is 32.2. The lowest BCUT2D eigenvalue weighted by Gasteiger charge is -2.21. The number of unbranched alkanes of at least 4 members (excludes halogenated alkanes) is 1. The minimum absolute atomic E-state index is 0.0838. The largest absolute Gasteiger partial charge is 0.508 e. The molecule has 0 saturated heterocycles. The van der Waals surface area contributed by atoms with Gasteiger partial charge in [-0.15, -0.1) is 0 Å². The van der Waals surface area contributed by atoms with Crippen LogP contribution in [0.1, 0.15) is 32.6 Å². The van der Waals surface area contributed by atoms with Gasteiger partial charge >= 0.3 is 0 Å². The first-order valence-electron chi connectivity index (χ1n) is 6.36. The molecule has 1 fully saturated rings. The highest BCUT2D eigenvalue weighted by molar-refractivity contribution is 7.89. The molecular weight excluding hydrogens is 250 g/mol. The van der Waals surface area contributed by atoms with Gasteiger partial charge in [0, 0.05) is 12.6 Å². The van der Waals surface area contributed by atoms with Crippen LogP contribution in [0.4, 0.5) is 0 Å². The third-order valence-corrected chi connectivity index (χ3v) is 5.10. The van der Waals surface area contributed by atoms with Crippen molar-refractivity contribution < 1.29 is 13.5 Å². The van der Waals surface area contributed by atoms with Crippen LogP contribution in [-0.2, 0) is 10.0 Å². The molecule has 2 rings (SSSR count). The van der Waals surface area contributed by atoms with E-state index in [1.807, 2.05) is 0 Å². The van der Waals surface area contributed by atoms with Crippen molar-refractivity contribution in [1.82, 2.24) is 4.31 Å². The molecule has 0 spiro atoms. The molecule has 1 aliphatic carbocycles. The van der Waals surface area contributed by atoms with Crippen molar-refractivity contribution in [3.63, 3.8) is 0 Å². The van der Waals surface area contributed by atoms with Crippen molar-refractivity contribution >= 4 is 10.0 Å². The molecule has 0 heterocycles. The molecule has 0 radical (unpaired) electrons. The molecule has 0 aromatic heterocycles. The average molecular weight is 269 g/mol. The third-order valence-electron chi connectivity index (χ3n) is 3.13. The van der Waals surface area contributed by atoms with Crippen LogP contribution in [0.3, 0.4) is 0 Å². The summed E-state index contributed by atoms with van der Waals surface area (Å²) in [6, 6.07) is 5.93. The van der Waals surface area contributed by atoms with E-state index in [2.05, 4.69) is 6.92 Å². The van der Waals surface area contributed by atoms with Gasteiger partial charge in [0.15, 0.2) is 0 Å². The second-order valence-corrected chi connectivity index (χ2v) is 6.58. The van der Waals surface area contributed by atoms with E-state index in [1.165, 1.54) is 24.3 Å². The van der Waals surface area contributed by atoms with Gasteiger partial charge in [0.25, 0.3) is 0 Å². The summed E-state index contributed by atoms with van der Waals surface area (Å²) in [4.78, 5) is 0.267. The Labute approximate surface area is 108 Å². The van der Waals surface area contributed by atoms with E-state index in [0.29, 0.717) is 6.54 Å². The Morgan fingerprint density at radius 2 is 1.89 bits per heavy atom. The molecule has 0 aliphatic heterocycles. The summed E-state index contributed by atoms with van der Waals surface area (Å²) in [5.41, 5.74) is 0. The molecular formula is C13H19NO3S. The summed E-state index contributed by atoms with van der Waals surface area (Å²) in [6.07, 6.45) is 3.78. The number of hydrogen-bond acceptors (Lipinski definition) is 3. The normalized spacial score (nSPS) is 16.1. The van der Waals surface area contributed by atoms with Crippen LogP contribution in [-0.4, -0.2) is 30.4 Å². The standard InChI is InChI=1S/C13H19NO3S/c1-2-3-10-14(11-4-5-11)18(16,17)13-8-6-12(15)7-9-13/h6-9,11,15H,2-5,10H2,1H3. The molecule has 1 saturated carbocycles. The number of aromatic hydroxyl groups is 1. The number of sulfonamides is 1. The fourth-order valence-corrected chi connectivity index (χ4v) is 3.65. The second kappa shape index (κ2) is 5.28. The Balaban J connectivity index is 2.24. The number of rotatable bonds is 6. The van der Waals surface area contributed by atoms with Crippen LogP contribution in [0.5, 0.6) is 5.75 Å². The Morgan fingerprint density at radius 3 is 2.39 bits per heavy atom. The van der Waals surface area contributed by atoms with Gasteiger partial charge in [-0.3, -0.25) is 0 Å². The summed E-state index contributed by atoms with van der Waals surface area (Å²) >= 11 is 0. The molecule has 4 nitrogen and oxygen atoms in total.